The van der Waals surface area contributed by atoms with E-state index in [4.69, 9.17) is 0 Å². The molecule has 0 unspecified atom stereocenters. The van der Waals surface area contributed by atoms with E-state index in [0.29, 0.717) is 5.56 Å². The Bertz CT molecular complexity index is 408. The summed E-state index contributed by atoms with van der Waals surface area (Å²) in [5, 5.41) is 5.02. The van der Waals surface area contributed by atoms with Gasteiger partial charge in [0.25, 0.3) is 5.91 Å². The van der Waals surface area contributed by atoms with E-state index in [2.05, 4.69) is 21.0 Å². The van der Waals surface area contributed by atoms with Gasteiger partial charge in [-0.1, -0.05) is 0 Å². The summed E-state index contributed by atoms with van der Waals surface area (Å²) in [5.41, 5.74) is 2.43. The molecule has 0 aromatic heterocycles. The Morgan fingerprint density at radius 2 is 1.78 bits per heavy atom. The Balaban J connectivity index is 2.25. The number of rotatable bonds is 5. The molecule has 0 heterocycles. The number of urea groups is 1. The lowest BCUT2D eigenvalue weighted by molar-refractivity contribution is 0.0950. The third-order valence-electron chi connectivity index (χ3n) is 2.00. The number of halogens is 1. The number of benzene rings is 1. The molecule has 1 aromatic carbocycles. The second-order valence-corrected chi connectivity index (χ2v) is 3.32. The Labute approximate surface area is 103 Å². The van der Waals surface area contributed by atoms with Gasteiger partial charge < -0.3 is 10.6 Å². The SMILES string of the molecule is CONC(=O)NCCNC(=O)c1ccc(F)cc1. The van der Waals surface area contributed by atoms with Crippen molar-refractivity contribution in [1.29, 1.82) is 0 Å². The highest BCUT2D eigenvalue weighted by Gasteiger charge is 2.04. The zero-order chi connectivity index (χ0) is 13.4. The highest BCUT2D eigenvalue weighted by Crippen LogP contribution is 2.01. The van der Waals surface area contributed by atoms with Crippen molar-refractivity contribution in [3.05, 3.63) is 35.6 Å². The number of nitrogens with one attached hydrogen (secondary N) is 3. The summed E-state index contributed by atoms with van der Waals surface area (Å²) in [6.07, 6.45) is 0. The summed E-state index contributed by atoms with van der Waals surface area (Å²) in [6, 6.07) is 4.69. The molecule has 0 saturated carbocycles. The van der Waals surface area contributed by atoms with Gasteiger partial charge in [0.05, 0.1) is 7.11 Å². The standard InChI is InChI=1S/C11H14FN3O3/c1-18-15-11(17)14-7-6-13-10(16)8-2-4-9(12)5-3-8/h2-5H,6-7H2,1H3,(H,13,16)(H2,14,15,17). The minimum atomic E-state index is -0.492. The summed E-state index contributed by atoms with van der Waals surface area (Å²) in [6.45, 7) is 0.509. The van der Waals surface area contributed by atoms with Gasteiger partial charge in [0, 0.05) is 18.7 Å². The number of carbonyl (C=O) groups is 2. The molecule has 7 heteroatoms. The molecule has 0 aliphatic heterocycles. The first-order valence-electron chi connectivity index (χ1n) is 5.24. The van der Waals surface area contributed by atoms with Crippen molar-refractivity contribution >= 4 is 11.9 Å². The summed E-state index contributed by atoms with van der Waals surface area (Å²) in [5.74, 6) is -0.728. The lowest BCUT2D eigenvalue weighted by Crippen LogP contribution is -2.39. The lowest BCUT2D eigenvalue weighted by Gasteiger charge is -2.07. The molecule has 0 aliphatic carbocycles. The topological polar surface area (TPSA) is 79.5 Å². The van der Waals surface area contributed by atoms with Gasteiger partial charge in [-0.15, -0.1) is 0 Å². The van der Waals surface area contributed by atoms with Crippen molar-refractivity contribution in [2.24, 2.45) is 0 Å². The molecule has 0 bridgehead atoms. The zero-order valence-corrected chi connectivity index (χ0v) is 9.83. The molecule has 0 atom stereocenters. The average molecular weight is 255 g/mol. The average Bonchev–Trinajstić information content (AvgIpc) is 2.35. The maximum absolute atomic E-state index is 12.6. The number of hydrogen-bond donors (Lipinski definition) is 3. The number of hydrogen-bond acceptors (Lipinski definition) is 3. The van der Waals surface area contributed by atoms with E-state index in [9.17, 15) is 14.0 Å². The monoisotopic (exact) mass is 255 g/mol. The second kappa shape index (κ2) is 7.23. The molecule has 1 aromatic rings. The van der Waals surface area contributed by atoms with Crippen LogP contribution in [-0.4, -0.2) is 32.1 Å². The normalized spacial score (nSPS) is 9.67. The van der Waals surface area contributed by atoms with Gasteiger partial charge in [-0.05, 0) is 24.3 Å². The number of carbonyl (C=O) groups excluding carboxylic acids is 2. The van der Waals surface area contributed by atoms with Crippen LogP contribution in [0.5, 0.6) is 0 Å². The summed E-state index contributed by atoms with van der Waals surface area (Å²) in [7, 11) is 1.32. The van der Waals surface area contributed by atoms with E-state index in [-0.39, 0.29) is 19.0 Å². The highest BCUT2D eigenvalue weighted by molar-refractivity contribution is 5.94. The third-order valence-corrected chi connectivity index (χ3v) is 2.00. The maximum Gasteiger partial charge on any atom is 0.338 e. The zero-order valence-electron chi connectivity index (χ0n) is 9.83. The smallest absolute Gasteiger partial charge is 0.338 e. The Morgan fingerprint density at radius 1 is 1.17 bits per heavy atom. The molecule has 3 amide bonds. The van der Waals surface area contributed by atoms with Gasteiger partial charge in [0.15, 0.2) is 0 Å². The minimum Gasteiger partial charge on any atom is -0.350 e. The van der Waals surface area contributed by atoms with E-state index < -0.39 is 11.8 Å². The molecule has 0 saturated heterocycles. The summed E-state index contributed by atoms with van der Waals surface area (Å²) < 4.78 is 12.6. The predicted octanol–water partition coefficient (Wildman–Crippen LogP) is 0.416. The van der Waals surface area contributed by atoms with Crippen molar-refractivity contribution in [2.75, 3.05) is 20.2 Å². The Kier molecular flexibility index (Phi) is 5.59. The number of amides is 3. The first-order chi connectivity index (χ1) is 8.63. The molecule has 0 radical (unpaired) electrons. The molecular formula is C11H14FN3O3. The lowest BCUT2D eigenvalue weighted by atomic mass is 10.2. The Hall–Kier alpha value is -2.15. The van der Waals surface area contributed by atoms with Gasteiger partial charge in [-0.25, -0.2) is 14.7 Å². The highest BCUT2D eigenvalue weighted by atomic mass is 19.1. The fourth-order valence-electron chi connectivity index (χ4n) is 1.18. The van der Waals surface area contributed by atoms with Crippen LogP contribution in [0.15, 0.2) is 24.3 Å². The van der Waals surface area contributed by atoms with Crippen LogP contribution < -0.4 is 16.1 Å². The first-order valence-corrected chi connectivity index (χ1v) is 5.24. The van der Waals surface area contributed by atoms with E-state index in [1.807, 2.05) is 0 Å². The maximum atomic E-state index is 12.6. The van der Waals surface area contributed by atoms with Crippen molar-refractivity contribution in [3.8, 4) is 0 Å². The van der Waals surface area contributed by atoms with Gasteiger partial charge in [-0.3, -0.25) is 9.63 Å². The predicted molar refractivity (Wildman–Crippen MR) is 62.3 cm³/mol. The molecule has 98 valence electrons. The molecule has 3 N–H and O–H groups in total. The van der Waals surface area contributed by atoms with Crippen molar-refractivity contribution in [3.63, 3.8) is 0 Å². The van der Waals surface area contributed by atoms with E-state index in [1.54, 1.807) is 0 Å². The molecule has 1 rings (SSSR count). The molecule has 0 spiro atoms. The van der Waals surface area contributed by atoms with Crippen LogP contribution in [0.1, 0.15) is 10.4 Å². The quantitative estimate of drug-likeness (QED) is 0.527. The van der Waals surface area contributed by atoms with Gasteiger partial charge in [-0.2, -0.15) is 0 Å². The van der Waals surface area contributed by atoms with Crippen LogP contribution in [0.25, 0.3) is 0 Å². The molecular weight excluding hydrogens is 241 g/mol. The van der Waals surface area contributed by atoms with Gasteiger partial charge >= 0.3 is 6.03 Å². The number of hydroxylamine groups is 1. The van der Waals surface area contributed by atoms with Crippen LogP contribution in [0, 0.1) is 5.82 Å². The summed E-state index contributed by atoms with van der Waals surface area (Å²) in [4.78, 5) is 26.8. The van der Waals surface area contributed by atoms with E-state index >= 15 is 0 Å². The fraction of sp³-hybridized carbons (Fsp3) is 0.273. The van der Waals surface area contributed by atoms with Crippen LogP contribution in [0.3, 0.4) is 0 Å². The van der Waals surface area contributed by atoms with E-state index in [1.165, 1.54) is 31.4 Å². The van der Waals surface area contributed by atoms with E-state index in [0.717, 1.165) is 0 Å². The minimum absolute atomic E-state index is 0.252. The summed E-state index contributed by atoms with van der Waals surface area (Å²) >= 11 is 0. The third kappa shape index (κ3) is 4.79. The molecule has 18 heavy (non-hydrogen) atoms. The second-order valence-electron chi connectivity index (χ2n) is 3.32. The molecule has 0 fully saturated rings. The Morgan fingerprint density at radius 3 is 2.39 bits per heavy atom. The molecule has 0 aliphatic rings. The van der Waals surface area contributed by atoms with Crippen molar-refractivity contribution < 1.29 is 18.8 Å². The van der Waals surface area contributed by atoms with Crippen molar-refractivity contribution in [2.45, 2.75) is 0 Å². The van der Waals surface area contributed by atoms with Crippen LogP contribution in [0.4, 0.5) is 9.18 Å². The fourth-order valence-corrected chi connectivity index (χ4v) is 1.18. The van der Waals surface area contributed by atoms with Gasteiger partial charge in [0.1, 0.15) is 5.82 Å². The van der Waals surface area contributed by atoms with Crippen molar-refractivity contribution in [1.82, 2.24) is 16.1 Å². The van der Waals surface area contributed by atoms with Gasteiger partial charge in [0.2, 0.25) is 0 Å². The molecule has 6 nitrogen and oxygen atoms in total. The van der Waals surface area contributed by atoms with Crippen LogP contribution >= 0.6 is 0 Å². The van der Waals surface area contributed by atoms with Crippen LogP contribution in [-0.2, 0) is 4.84 Å². The largest absolute Gasteiger partial charge is 0.350 e. The van der Waals surface area contributed by atoms with Crippen LogP contribution in [0.2, 0.25) is 0 Å². The first kappa shape index (κ1) is 13.9.